The van der Waals surface area contributed by atoms with Crippen LogP contribution in [0.1, 0.15) is 32.9 Å². The molecule has 1 aliphatic heterocycles. The Kier molecular flexibility index (Phi) is 6.18. The van der Waals surface area contributed by atoms with Gasteiger partial charge < -0.3 is 23.6 Å². The fraction of sp³-hybridized carbons (Fsp3) is 0.550. The molecular weight excluding hydrogens is 362 g/mol. The summed E-state index contributed by atoms with van der Waals surface area (Å²) in [5.74, 6) is 1.24. The molecule has 8 nitrogen and oxygen atoms in total. The SMILES string of the molecule is COCCc1cc(-c2cncc(OC[C@@H]3CCN3C(=O)OC(C)(C)C)c2)on1. The van der Waals surface area contributed by atoms with E-state index < -0.39 is 5.60 Å². The van der Waals surface area contributed by atoms with E-state index in [1.54, 1.807) is 24.4 Å². The minimum absolute atomic E-state index is 0.00410. The molecule has 3 rings (SSSR count). The van der Waals surface area contributed by atoms with Crippen molar-refractivity contribution < 1.29 is 23.5 Å². The minimum Gasteiger partial charge on any atom is -0.490 e. The lowest BCUT2D eigenvalue weighted by molar-refractivity contribution is -0.0141. The summed E-state index contributed by atoms with van der Waals surface area (Å²) in [4.78, 5) is 18.1. The normalized spacial score (nSPS) is 16.6. The zero-order chi connectivity index (χ0) is 20.1. The van der Waals surface area contributed by atoms with Gasteiger partial charge in [-0.3, -0.25) is 4.98 Å². The first-order valence-corrected chi connectivity index (χ1v) is 9.38. The van der Waals surface area contributed by atoms with E-state index >= 15 is 0 Å². The number of hydrogen-bond acceptors (Lipinski definition) is 7. The summed E-state index contributed by atoms with van der Waals surface area (Å²) in [5, 5.41) is 4.03. The van der Waals surface area contributed by atoms with Crippen molar-refractivity contribution in [1.29, 1.82) is 0 Å². The fourth-order valence-electron chi connectivity index (χ4n) is 2.77. The van der Waals surface area contributed by atoms with Crippen molar-refractivity contribution in [3.63, 3.8) is 0 Å². The van der Waals surface area contributed by atoms with Gasteiger partial charge >= 0.3 is 6.09 Å². The van der Waals surface area contributed by atoms with Gasteiger partial charge in [0.25, 0.3) is 0 Å². The van der Waals surface area contributed by atoms with Crippen molar-refractivity contribution in [2.24, 2.45) is 0 Å². The number of likely N-dealkylation sites (tertiary alicyclic amines) is 1. The van der Waals surface area contributed by atoms with Gasteiger partial charge in [-0.05, 0) is 33.3 Å². The van der Waals surface area contributed by atoms with Crippen LogP contribution in [0.4, 0.5) is 4.79 Å². The molecule has 0 N–H and O–H groups in total. The maximum atomic E-state index is 12.2. The third-order valence-corrected chi connectivity index (χ3v) is 4.33. The van der Waals surface area contributed by atoms with Crippen LogP contribution in [0.5, 0.6) is 5.75 Å². The van der Waals surface area contributed by atoms with E-state index in [9.17, 15) is 4.79 Å². The lowest BCUT2D eigenvalue weighted by Crippen LogP contribution is -2.55. The number of nitrogens with zero attached hydrogens (tertiary/aromatic N) is 3. The van der Waals surface area contributed by atoms with Crippen molar-refractivity contribution in [3.8, 4) is 17.1 Å². The zero-order valence-electron chi connectivity index (χ0n) is 16.8. The highest BCUT2D eigenvalue weighted by molar-refractivity contribution is 5.69. The van der Waals surface area contributed by atoms with E-state index in [4.69, 9.17) is 18.7 Å². The van der Waals surface area contributed by atoms with Gasteiger partial charge in [0.2, 0.25) is 0 Å². The Morgan fingerprint density at radius 1 is 1.32 bits per heavy atom. The second-order valence-corrected chi connectivity index (χ2v) is 7.76. The summed E-state index contributed by atoms with van der Waals surface area (Å²) in [6, 6.07) is 3.73. The van der Waals surface area contributed by atoms with Crippen molar-refractivity contribution in [3.05, 3.63) is 30.2 Å². The van der Waals surface area contributed by atoms with Crippen LogP contribution in [0, 0.1) is 0 Å². The highest BCUT2D eigenvalue weighted by atomic mass is 16.6. The third kappa shape index (κ3) is 5.22. The molecule has 2 aromatic heterocycles. The molecule has 0 aromatic carbocycles. The Morgan fingerprint density at radius 3 is 2.82 bits per heavy atom. The smallest absolute Gasteiger partial charge is 0.410 e. The number of ether oxygens (including phenoxy) is 3. The van der Waals surface area contributed by atoms with Gasteiger partial charge in [-0.1, -0.05) is 5.16 Å². The van der Waals surface area contributed by atoms with Gasteiger partial charge in [-0.25, -0.2) is 4.79 Å². The largest absolute Gasteiger partial charge is 0.490 e. The lowest BCUT2D eigenvalue weighted by Gasteiger charge is -2.40. The minimum atomic E-state index is -0.504. The Bertz CT molecular complexity index is 799. The van der Waals surface area contributed by atoms with Gasteiger partial charge in [0.15, 0.2) is 5.76 Å². The summed E-state index contributed by atoms with van der Waals surface area (Å²) < 4.78 is 21.7. The van der Waals surface area contributed by atoms with Crippen molar-refractivity contribution >= 4 is 6.09 Å². The predicted molar refractivity (Wildman–Crippen MR) is 102 cm³/mol. The van der Waals surface area contributed by atoms with Crippen LogP contribution in [0.2, 0.25) is 0 Å². The number of amides is 1. The van der Waals surface area contributed by atoms with E-state index in [1.165, 1.54) is 0 Å². The lowest BCUT2D eigenvalue weighted by atomic mass is 10.1. The summed E-state index contributed by atoms with van der Waals surface area (Å²) in [6.45, 7) is 7.24. The Morgan fingerprint density at radius 2 is 2.14 bits per heavy atom. The summed E-state index contributed by atoms with van der Waals surface area (Å²) in [5.41, 5.74) is 1.10. The molecule has 152 valence electrons. The molecule has 0 aliphatic carbocycles. The molecule has 0 spiro atoms. The quantitative estimate of drug-likeness (QED) is 0.718. The van der Waals surface area contributed by atoms with Crippen LogP contribution in [-0.4, -0.2) is 59.6 Å². The molecule has 2 aromatic rings. The van der Waals surface area contributed by atoms with Gasteiger partial charge in [0, 0.05) is 37.9 Å². The maximum Gasteiger partial charge on any atom is 0.410 e. The molecule has 8 heteroatoms. The average Bonchev–Trinajstić information content (AvgIpc) is 3.06. The van der Waals surface area contributed by atoms with Crippen molar-refractivity contribution in [1.82, 2.24) is 15.0 Å². The number of aromatic nitrogens is 2. The van der Waals surface area contributed by atoms with Gasteiger partial charge in [0.05, 0.1) is 24.5 Å². The predicted octanol–water partition coefficient (Wildman–Crippen LogP) is 3.31. The van der Waals surface area contributed by atoms with E-state index in [-0.39, 0.29) is 12.1 Å². The number of carbonyl (C=O) groups is 1. The van der Waals surface area contributed by atoms with Crippen LogP contribution >= 0.6 is 0 Å². The number of hydrogen-bond donors (Lipinski definition) is 0. The van der Waals surface area contributed by atoms with Crippen molar-refractivity contribution in [2.45, 2.75) is 45.3 Å². The monoisotopic (exact) mass is 389 g/mol. The number of methoxy groups -OCH3 is 1. The number of carbonyl (C=O) groups excluding carboxylic acids is 1. The van der Waals surface area contributed by atoms with Crippen LogP contribution in [-0.2, 0) is 15.9 Å². The molecule has 3 heterocycles. The molecule has 0 unspecified atom stereocenters. The molecule has 1 atom stereocenters. The number of pyridine rings is 1. The molecule has 0 bridgehead atoms. The topological polar surface area (TPSA) is 86.9 Å². The van der Waals surface area contributed by atoms with E-state index in [0.29, 0.717) is 37.7 Å². The second kappa shape index (κ2) is 8.60. The van der Waals surface area contributed by atoms with E-state index in [2.05, 4.69) is 10.1 Å². The fourth-order valence-corrected chi connectivity index (χ4v) is 2.77. The highest BCUT2D eigenvalue weighted by Gasteiger charge is 2.35. The Hall–Kier alpha value is -2.61. The average molecular weight is 389 g/mol. The molecule has 28 heavy (non-hydrogen) atoms. The molecule has 0 radical (unpaired) electrons. The van der Waals surface area contributed by atoms with Crippen LogP contribution in [0.3, 0.4) is 0 Å². The maximum absolute atomic E-state index is 12.2. The molecule has 1 saturated heterocycles. The number of rotatable bonds is 7. The standard InChI is InChI=1S/C20H27N3O5/c1-20(2,3)27-19(24)23-7-5-16(23)13-26-17-9-14(11-21-12-17)18-10-15(22-28-18)6-8-25-4/h9-12,16H,5-8,13H2,1-4H3/t16-/m0/s1. The van der Waals surface area contributed by atoms with Crippen LogP contribution in [0.25, 0.3) is 11.3 Å². The molecule has 1 aliphatic rings. The summed E-state index contributed by atoms with van der Waals surface area (Å²) >= 11 is 0. The van der Waals surface area contributed by atoms with Crippen LogP contribution in [0.15, 0.2) is 29.0 Å². The second-order valence-electron chi connectivity index (χ2n) is 7.76. The first-order chi connectivity index (χ1) is 13.4. The summed E-state index contributed by atoms with van der Waals surface area (Å²) in [7, 11) is 1.65. The highest BCUT2D eigenvalue weighted by Crippen LogP contribution is 2.26. The summed E-state index contributed by atoms with van der Waals surface area (Å²) in [6.07, 6.45) is 4.61. The van der Waals surface area contributed by atoms with Gasteiger partial charge in [-0.2, -0.15) is 0 Å². The zero-order valence-corrected chi connectivity index (χ0v) is 16.8. The van der Waals surface area contributed by atoms with Crippen LogP contribution < -0.4 is 4.74 Å². The van der Waals surface area contributed by atoms with Gasteiger partial charge in [0.1, 0.15) is 18.0 Å². The van der Waals surface area contributed by atoms with Crippen molar-refractivity contribution in [2.75, 3.05) is 26.9 Å². The molecule has 0 saturated carbocycles. The first kappa shape index (κ1) is 20.1. The molecule has 1 amide bonds. The molecular formula is C20H27N3O5. The van der Waals surface area contributed by atoms with E-state index in [1.807, 2.05) is 32.9 Å². The Labute approximate surface area is 164 Å². The third-order valence-electron chi connectivity index (χ3n) is 4.33. The first-order valence-electron chi connectivity index (χ1n) is 9.38. The Balaban J connectivity index is 1.56. The molecule has 1 fully saturated rings. The van der Waals surface area contributed by atoms with Gasteiger partial charge in [-0.15, -0.1) is 0 Å². The van der Waals surface area contributed by atoms with E-state index in [0.717, 1.165) is 17.7 Å².